The van der Waals surface area contributed by atoms with Crippen LogP contribution in [0.25, 0.3) is 0 Å². The van der Waals surface area contributed by atoms with Gasteiger partial charge in [-0.3, -0.25) is 9.59 Å². The number of para-hydroxylation sites is 2. The third kappa shape index (κ3) is 7.19. The standard InChI is InChI=1S/C30H42N4O4/c1-3-38-21-9-16-31-30(36)25-22-24(32-29(35)23-10-5-4-6-11-23)14-15-26(25)33-17-19-34(20-18-33)27-12-7-8-13-28(27)37-2/h7-8,12-15,22-23H,3-6,9-11,16-21H2,1-2H3,(H,31,36)(H,32,35). The van der Waals surface area contributed by atoms with Crippen LogP contribution in [0.4, 0.5) is 17.1 Å². The van der Waals surface area contributed by atoms with E-state index in [0.717, 1.165) is 75.4 Å². The summed E-state index contributed by atoms with van der Waals surface area (Å²) in [5, 5.41) is 6.13. The van der Waals surface area contributed by atoms with Gasteiger partial charge in [0.2, 0.25) is 5.91 Å². The molecule has 0 aromatic heterocycles. The molecule has 0 spiro atoms. The Balaban J connectivity index is 1.47. The maximum Gasteiger partial charge on any atom is 0.253 e. The van der Waals surface area contributed by atoms with Crippen LogP contribution >= 0.6 is 0 Å². The van der Waals surface area contributed by atoms with Crippen LogP contribution in [0.2, 0.25) is 0 Å². The van der Waals surface area contributed by atoms with Gasteiger partial charge in [-0.25, -0.2) is 0 Å². The van der Waals surface area contributed by atoms with Crippen LogP contribution in [0, 0.1) is 5.92 Å². The summed E-state index contributed by atoms with van der Waals surface area (Å²) in [6.07, 6.45) is 6.04. The first-order chi connectivity index (χ1) is 18.6. The van der Waals surface area contributed by atoms with Crippen LogP contribution in [-0.2, 0) is 9.53 Å². The van der Waals surface area contributed by atoms with Gasteiger partial charge >= 0.3 is 0 Å². The second-order valence-corrected chi connectivity index (χ2v) is 10.0. The average Bonchev–Trinajstić information content (AvgIpc) is 2.97. The Morgan fingerprint density at radius 2 is 1.66 bits per heavy atom. The van der Waals surface area contributed by atoms with Crippen molar-refractivity contribution in [3.63, 3.8) is 0 Å². The minimum atomic E-state index is -0.127. The number of nitrogens with zero attached hydrogens (tertiary/aromatic N) is 2. The number of ether oxygens (including phenoxy) is 2. The Hall–Kier alpha value is -3.26. The monoisotopic (exact) mass is 522 g/mol. The molecule has 1 aliphatic carbocycles. The molecule has 1 aliphatic heterocycles. The molecule has 0 bridgehead atoms. The first-order valence-electron chi connectivity index (χ1n) is 14.0. The number of carbonyl (C=O) groups is 2. The minimum Gasteiger partial charge on any atom is -0.495 e. The topological polar surface area (TPSA) is 83.1 Å². The lowest BCUT2D eigenvalue weighted by molar-refractivity contribution is -0.120. The van der Waals surface area contributed by atoms with E-state index in [1.807, 2.05) is 43.3 Å². The van der Waals surface area contributed by atoms with Gasteiger partial charge in [-0.15, -0.1) is 0 Å². The lowest BCUT2D eigenvalue weighted by Crippen LogP contribution is -2.47. The molecule has 8 heteroatoms. The second kappa shape index (κ2) is 14.0. The van der Waals surface area contributed by atoms with Crippen molar-refractivity contribution < 1.29 is 19.1 Å². The molecule has 206 valence electrons. The van der Waals surface area contributed by atoms with Crippen LogP contribution in [0.1, 0.15) is 55.8 Å². The molecule has 8 nitrogen and oxygen atoms in total. The van der Waals surface area contributed by atoms with Gasteiger partial charge in [0.15, 0.2) is 0 Å². The van der Waals surface area contributed by atoms with Crippen molar-refractivity contribution >= 4 is 28.9 Å². The van der Waals surface area contributed by atoms with Gasteiger partial charge in [-0.2, -0.15) is 0 Å². The Morgan fingerprint density at radius 1 is 0.947 bits per heavy atom. The fourth-order valence-electron chi connectivity index (χ4n) is 5.38. The molecule has 2 fully saturated rings. The van der Waals surface area contributed by atoms with Gasteiger partial charge in [0.25, 0.3) is 5.91 Å². The predicted octanol–water partition coefficient (Wildman–Crippen LogP) is 4.70. The highest BCUT2D eigenvalue weighted by Crippen LogP contribution is 2.31. The summed E-state index contributed by atoms with van der Waals surface area (Å²) in [6.45, 7) is 6.97. The number of nitrogens with one attached hydrogen (secondary N) is 2. The van der Waals surface area contributed by atoms with Crippen molar-refractivity contribution in [1.29, 1.82) is 0 Å². The van der Waals surface area contributed by atoms with Gasteiger partial charge in [-0.05, 0) is 56.5 Å². The predicted molar refractivity (Wildman–Crippen MR) is 153 cm³/mol. The van der Waals surface area contributed by atoms with E-state index in [1.165, 1.54) is 6.42 Å². The average molecular weight is 523 g/mol. The number of rotatable bonds is 11. The number of hydrogen-bond donors (Lipinski definition) is 2. The van der Waals surface area contributed by atoms with Crippen molar-refractivity contribution in [2.45, 2.75) is 45.4 Å². The SMILES string of the molecule is CCOCCCNC(=O)c1cc(NC(=O)C2CCCCC2)ccc1N1CCN(c2ccccc2OC)CC1. The zero-order valence-electron chi connectivity index (χ0n) is 22.8. The summed E-state index contributed by atoms with van der Waals surface area (Å²) < 4.78 is 11.0. The summed E-state index contributed by atoms with van der Waals surface area (Å²) in [5.41, 5.74) is 3.25. The first kappa shape index (κ1) is 27.8. The van der Waals surface area contributed by atoms with Crippen LogP contribution < -0.4 is 25.2 Å². The number of carbonyl (C=O) groups excluding carboxylic acids is 2. The number of piperazine rings is 1. The third-order valence-corrected chi connectivity index (χ3v) is 7.49. The molecule has 38 heavy (non-hydrogen) atoms. The van der Waals surface area contributed by atoms with Crippen LogP contribution in [0.15, 0.2) is 42.5 Å². The van der Waals surface area contributed by atoms with Crippen molar-refractivity contribution in [2.75, 3.05) is 68.2 Å². The van der Waals surface area contributed by atoms with E-state index in [2.05, 4.69) is 26.5 Å². The molecule has 0 radical (unpaired) electrons. The van der Waals surface area contributed by atoms with E-state index in [9.17, 15) is 9.59 Å². The largest absolute Gasteiger partial charge is 0.495 e. The van der Waals surface area contributed by atoms with Crippen molar-refractivity contribution in [2.24, 2.45) is 5.92 Å². The molecule has 2 N–H and O–H groups in total. The molecule has 2 aromatic rings. The highest BCUT2D eigenvalue weighted by Gasteiger charge is 2.25. The Bertz CT molecular complexity index is 1060. The molecule has 2 amide bonds. The van der Waals surface area contributed by atoms with Crippen LogP contribution in [0.3, 0.4) is 0 Å². The summed E-state index contributed by atoms with van der Waals surface area (Å²) in [6, 6.07) is 13.8. The summed E-state index contributed by atoms with van der Waals surface area (Å²) >= 11 is 0. The molecule has 1 saturated heterocycles. The summed E-state index contributed by atoms with van der Waals surface area (Å²) in [4.78, 5) is 30.8. The number of amides is 2. The van der Waals surface area contributed by atoms with E-state index in [1.54, 1.807) is 7.11 Å². The fourth-order valence-corrected chi connectivity index (χ4v) is 5.38. The normalized spacial score (nSPS) is 16.3. The zero-order chi connectivity index (χ0) is 26.7. The van der Waals surface area contributed by atoms with Gasteiger partial charge in [-0.1, -0.05) is 31.4 Å². The molecular formula is C30H42N4O4. The number of anilines is 3. The van der Waals surface area contributed by atoms with Gasteiger partial charge in [0, 0.05) is 63.2 Å². The Kier molecular flexibility index (Phi) is 10.3. The van der Waals surface area contributed by atoms with Gasteiger partial charge < -0.3 is 29.9 Å². The zero-order valence-corrected chi connectivity index (χ0v) is 22.8. The van der Waals surface area contributed by atoms with E-state index in [-0.39, 0.29) is 17.7 Å². The molecule has 0 unspecified atom stereocenters. The van der Waals surface area contributed by atoms with Crippen LogP contribution in [-0.4, -0.2) is 64.9 Å². The molecular weight excluding hydrogens is 480 g/mol. The second-order valence-electron chi connectivity index (χ2n) is 10.0. The molecule has 0 atom stereocenters. The fraction of sp³-hybridized carbons (Fsp3) is 0.533. The molecule has 4 rings (SSSR count). The lowest BCUT2D eigenvalue weighted by atomic mass is 9.88. The smallest absolute Gasteiger partial charge is 0.253 e. The number of benzene rings is 2. The van der Waals surface area contributed by atoms with E-state index in [0.29, 0.717) is 31.0 Å². The van der Waals surface area contributed by atoms with Crippen molar-refractivity contribution in [3.05, 3.63) is 48.0 Å². The molecule has 1 saturated carbocycles. The molecule has 2 aromatic carbocycles. The maximum atomic E-state index is 13.3. The molecule has 1 heterocycles. The van der Waals surface area contributed by atoms with E-state index >= 15 is 0 Å². The highest BCUT2D eigenvalue weighted by molar-refractivity contribution is 6.02. The van der Waals surface area contributed by atoms with Crippen molar-refractivity contribution in [3.8, 4) is 5.75 Å². The van der Waals surface area contributed by atoms with E-state index < -0.39 is 0 Å². The number of hydrogen-bond acceptors (Lipinski definition) is 6. The van der Waals surface area contributed by atoms with Crippen molar-refractivity contribution in [1.82, 2.24) is 5.32 Å². The minimum absolute atomic E-state index is 0.0577. The Labute approximate surface area is 226 Å². The third-order valence-electron chi connectivity index (χ3n) is 7.49. The van der Waals surface area contributed by atoms with Gasteiger partial charge in [0.1, 0.15) is 5.75 Å². The highest BCUT2D eigenvalue weighted by atomic mass is 16.5. The quantitative estimate of drug-likeness (QED) is 0.417. The van der Waals surface area contributed by atoms with E-state index in [4.69, 9.17) is 9.47 Å². The number of methoxy groups -OCH3 is 1. The molecule has 2 aliphatic rings. The summed E-state index contributed by atoms with van der Waals surface area (Å²) in [5.74, 6) is 0.858. The lowest BCUT2D eigenvalue weighted by Gasteiger charge is -2.38. The summed E-state index contributed by atoms with van der Waals surface area (Å²) in [7, 11) is 1.70. The maximum absolute atomic E-state index is 13.3. The first-order valence-corrected chi connectivity index (χ1v) is 14.0. The van der Waals surface area contributed by atoms with Gasteiger partial charge in [0.05, 0.1) is 18.4 Å². The van der Waals surface area contributed by atoms with Crippen LogP contribution in [0.5, 0.6) is 5.75 Å². The Morgan fingerprint density at radius 3 is 2.37 bits per heavy atom.